The second kappa shape index (κ2) is 13.8. The second-order valence-corrected chi connectivity index (χ2v) is 15.8. The van der Waals surface area contributed by atoms with Gasteiger partial charge in [-0.1, -0.05) is 48.0 Å². The molecule has 1 aliphatic heterocycles. The van der Waals surface area contributed by atoms with E-state index in [-0.39, 0.29) is 34.9 Å². The number of nitrogens with one attached hydrogen (secondary N) is 2. The van der Waals surface area contributed by atoms with Crippen LogP contribution in [0.4, 0.5) is 10.7 Å². The van der Waals surface area contributed by atoms with Crippen molar-refractivity contribution in [3.05, 3.63) is 72.0 Å². The van der Waals surface area contributed by atoms with Crippen LogP contribution in [-0.2, 0) is 19.6 Å². The molecule has 3 heterocycles. The first-order valence-corrected chi connectivity index (χ1v) is 18.2. The third-order valence-electron chi connectivity index (χ3n) is 8.77. The van der Waals surface area contributed by atoms with Gasteiger partial charge in [-0.25, -0.2) is 27.2 Å². The number of carbonyl (C=O) groups is 2. The number of nitrogens with zero attached hydrogens (tertiary/aromatic N) is 4. The summed E-state index contributed by atoms with van der Waals surface area (Å²) in [7, 11) is -3.88. The molecule has 2 unspecified atom stereocenters. The summed E-state index contributed by atoms with van der Waals surface area (Å²) in [6.07, 6.45) is 7.49. The summed E-state index contributed by atoms with van der Waals surface area (Å²) in [6, 6.07) is 15.5. The van der Waals surface area contributed by atoms with Gasteiger partial charge in [0.05, 0.1) is 33.2 Å². The Labute approximate surface area is 286 Å². The quantitative estimate of drug-likeness (QED) is 0.225. The fourth-order valence-electron chi connectivity index (χ4n) is 6.51. The molecule has 0 radical (unpaired) electrons. The van der Waals surface area contributed by atoms with Crippen LogP contribution in [0.25, 0.3) is 22.2 Å². The van der Waals surface area contributed by atoms with Gasteiger partial charge in [-0.05, 0) is 77.5 Å². The van der Waals surface area contributed by atoms with E-state index in [4.69, 9.17) is 21.3 Å². The number of amides is 2. The highest BCUT2D eigenvalue weighted by atomic mass is 35.5. The van der Waals surface area contributed by atoms with Crippen LogP contribution in [-0.4, -0.2) is 70.0 Å². The Morgan fingerprint density at radius 2 is 1.71 bits per heavy atom. The highest BCUT2D eigenvalue weighted by molar-refractivity contribution is 7.90. The Balaban J connectivity index is 1.16. The highest BCUT2D eigenvalue weighted by Crippen LogP contribution is 2.36. The van der Waals surface area contributed by atoms with E-state index in [2.05, 4.69) is 15.6 Å². The first-order valence-electron chi connectivity index (χ1n) is 16.4. The molecule has 2 aromatic carbocycles. The van der Waals surface area contributed by atoms with E-state index in [0.29, 0.717) is 52.6 Å². The lowest BCUT2D eigenvalue weighted by Gasteiger charge is -2.35. The lowest BCUT2D eigenvalue weighted by Crippen LogP contribution is -2.50. The van der Waals surface area contributed by atoms with Gasteiger partial charge in [0.2, 0.25) is 11.9 Å². The fraction of sp³-hybridized carbons (Fsp3) is 0.429. The van der Waals surface area contributed by atoms with Gasteiger partial charge in [0.1, 0.15) is 5.60 Å². The minimum Gasteiger partial charge on any atom is -0.444 e. The van der Waals surface area contributed by atoms with Crippen LogP contribution in [0.3, 0.4) is 0 Å². The van der Waals surface area contributed by atoms with Crippen molar-refractivity contribution in [3.8, 4) is 11.3 Å². The predicted octanol–water partition coefficient (Wildman–Crippen LogP) is 6.48. The molecule has 2 aliphatic rings. The Hall–Kier alpha value is -4.16. The van der Waals surface area contributed by atoms with Crippen LogP contribution in [0, 0.1) is 5.92 Å². The zero-order chi connectivity index (χ0) is 34.1. The number of ether oxygens (including phenoxy) is 1. The number of hydrogen-bond donors (Lipinski definition) is 2. The van der Waals surface area contributed by atoms with E-state index in [1.807, 2.05) is 32.9 Å². The molecule has 2 amide bonds. The lowest BCUT2D eigenvalue weighted by molar-refractivity contribution is -0.127. The molecule has 11 nitrogen and oxygen atoms in total. The zero-order valence-electron chi connectivity index (χ0n) is 27.4. The molecule has 0 spiro atoms. The molecule has 2 N–H and O–H groups in total. The van der Waals surface area contributed by atoms with Crippen molar-refractivity contribution < 1.29 is 22.7 Å². The number of piperidine rings is 1. The van der Waals surface area contributed by atoms with E-state index in [0.717, 1.165) is 32.1 Å². The number of aromatic nitrogens is 3. The number of para-hydroxylation sites is 1. The van der Waals surface area contributed by atoms with Crippen molar-refractivity contribution in [1.29, 1.82) is 0 Å². The fourth-order valence-corrected chi connectivity index (χ4v) is 8.09. The molecule has 48 heavy (non-hydrogen) atoms. The van der Waals surface area contributed by atoms with Crippen LogP contribution in [0.5, 0.6) is 0 Å². The maximum Gasteiger partial charge on any atom is 0.410 e. The summed E-state index contributed by atoms with van der Waals surface area (Å²) >= 11 is 6.64. The summed E-state index contributed by atoms with van der Waals surface area (Å²) < 4.78 is 34.1. The van der Waals surface area contributed by atoms with Gasteiger partial charge in [0.15, 0.2) is 0 Å². The molecular formula is C35H41ClN6O5S. The molecule has 4 aromatic rings. The van der Waals surface area contributed by atoms with Crippen molar-refractivity contribution in [2.75, 3.05) is 18.4 Å². The zero-order valence-corrected chi connectivity index (χ0v) is 28.9. The Bertz CT molecular complexity index is 1910. The van der Waals surface area contributed by atoms with E-state index < -0.39 is 15.6 Å². The number of hydrogen-bond acceptors (Lipinski definition) is 8. The van der Waals surface area contributed by atoms with Gasteiger partial charge in [-0.3, -0.25) is 4.79 Å². The van der Waals surface area contributed by atoms with Crippen molar-refractivity contribution in [2.24, 2.45) is 5.92 Å². The minimum atomic E-state index is -3.88. The van der Waals surface area contributed by atoms with Gasteiger partial charge in [-0.15, -0.1) is 0 Å². The van der Waals surface area contributed by atoms with Crippen LogP contribution in [0.1, 0.15) is 59.3 Å². The molecule has 0 bridgehead atoms. The molecule has 6 rings (SSSR count). The van der Waals surface area contributed by atoms with Gasteiger partial charge >= 0.3 is 6.09 Å². The normalized spacial score (nSPS) is 20.3. The summed E-state index contributed by atoms with van der Waals surface area (Å²) in [5, 5.41) is 7.64. The van der Waals surface area contributed by atoms with Gasteiger partial charge in [0, 0.05) is 42.3 Å². The molecule has 2 fully saturated rings. The van der Waals surface area contributed by atoms with Crippen LogP contribution >= 0.6 is 11.6 Å². The van der Waals surface area contributed by atoms with E-state index >= 15 is 0 Å². The summed E-state index contributed by atoms with van der Waals surface area (Å²) in [5.74, 6) is 0.0461. The monoisotopic (exact) mass is 692 g/mol. The number of rotatable bonds is 7. The molecule has 1 aliphatic carbocycles. The Morgan fingerprint density at radius 3 is 2.48 bits per heavy atom. The average molecular weight is 693 g/mol. The number of benzene rings is 2. The van der Waals surface area contributed by atoms with Crippen molar-refractivity contribution in [3.63, 3.8) is 0 Å². The third-order valence-corrected chi connectivity index (χ3v) is 10.7. The third kappa shape index (κ3) is 7.44. The van der Waals surface area contributed by atoms with Gasteiger partial charge in [0.25, 0.3) is 10.0 Å². The number of fused-ring (bicyclic) bond motifs is 1. The predicted molar refractivity (Wildman–Crippen MR) is 185 cm³/mol. The maximum atomic E-state index is 13.6. The highest BCUT2D eigenvalue weighted by Gasteiger charge is 2.33. The van der Waals surface area contributed by atoms with Crippen LogP contribution in [0.2, 0.25) is 5.02 Å². The SMILES string of the molecule is CC(C)(C)OC(=O)N1CCCC(C(=O)NC2CCC[C@@H](Nc3ncc(Cl)c(-c4cn(S(=O)(=O)c5ccccc5)c5ccccc45)n3)C2)C1. The smallest absolute Gasteiger partial charge is 0.410 e. The first kappa shape index (κ1) is 33.7. The van der Waals surface area contributed by atoms with Crippen LogP contribution in [0.15, 0.2) is 71.9 Å². The van der Waals surface area contributed by atoms with E-state index in [1.54, 1.807) is 53.6 Å². The molecule has 1 saturated heterocycles. The molecule has 254 valence electrons. The standard InChI is InChI=1S/C35H41ClN6O5S/c1-35(2,3)47-34(44)41-18-10-11-23(21-41)32(43)38-24-12-9-13-25(19-24)39-33-37-20-29(36)31(40-33)28-22-42(30-17-8-7-16-27(28)30)48(45,46)26-14-5-4-6-15-26/h4-8,14-17,20,22-25H,9-13,18-19,21H2,1-3H3,(H,38,43)(H,37,39,40)/t23?,24?,25-/m1/s1. The number of carbonyl (C=O) groups excluding carboxylic acids is 2. The molecule has 13 heteroatoms. The Kier molecular flexibility index (Phi) is 9.67. The van der Waals surface area contributed by atoms with Crippen molar-refractivity contribution in [2.45, 2.75) is 81.9 Å². The summed E-state index contributed by atoms with van der Waals surface area (Å²) in [6.45, 7) is 6.43. The molecule has 3 atom stereocenters. The summed E-state index contributed by atoms with van der Waals surface area (Å²) in [5.41, 5.74) is 0.910. The van der Waals surface area contributed by atoms with Gasteiger partial charge < -0.3 is 20.3 Å². The molecule has 1 saturated carbocycles. The lowest BCUT2D eigenvalue weighted by atomic mass is 9.90. The second-order valence-electron chi connectivity index (χ2n) is 13.5. The number of halogens is 1. The largest absolute Gasteiger partial charge is 0.444 e. The maximum absolute atomic E-state index is 13.6. The molecular weight excluding hydrogens is 652 g/mol. The van der Waals surface area contributed by atoms with E-state index in [1.165, 1.54) is 10.2 Å². The molecule has 2 aromatic heterocycles. The Morgan fingerprint density at radius 1 is 0.979 bits per heavy atom. The number of anilines is 1. The first-order chi connectivity index (χ1) is 22.9. The van der Waals surface area contributed by atoms with E-state index in [9.17, 15) is 18.0 Å². The topological polar surface area (TPSA) is 136 Å². The minimum absolute atomic E-state index is 0.00231. The summed E-state index contributed by atoms with van der Waals surface area (Å²) in [4.78, 5) is 36.9. The van der Waals surface area contributed by atoms with Crippen molar-refractivity contribution in [1.82, 2.24) is 24.2 Å². The van der Waals surface area contributed by atoms with Crippen LogP contribution < -0.4 is 10.6 Å². The number of likely N-dealkylation sites (tertiary alicyclic amines) is 1. The van der Waals surface area contributed by atoms with Gasteiger partial charge in [-0.2, -0.15) is 0 Å². The van der Waals surface area contributed by atoms with Crippen molar-refractivity contribution >= 4 is 50.5 Å². The average Bonchev–Trinajstić information content (AvgIpc) is 3.46.